The zero-order valence-electron chi connectivity index (χ0n) is 16.6. The number of nitrogens with zero attached hydrogens (tertiary/aromatic N) is 1. The molecule has 156 valence electrons. The van der Waals surface area contributed by atoms with Crippen LogP contribution in [0.2, 0.25) is 0 Å². The molecule has 2 N–H and O–H groups in total. The number of piperazine rings is 1. The van der Waals surface area contributed by atoms with E-state index < -0.39 is 6.09 Å². The van der Waals surface area contributed by atoms with Gasteiger partial charge in [-0.1, -0.05) is 18.2 Å². The quantitative estimate of drug-likeness (QED) is 0.656. The number of hydrogen-bond donors (Lipinski definition) is 2. The molecule has 1 saturated heterocycles. The summed E-state index contributed by atoms with van der Waals surface area (Å²) in [6.07, 6.45) is 1.17. The fourth-order valence-electron chi connectivity index (χ4n) is 3.81. The molecule has 0 bridgehead atoms. The Balaban J connectivity index is 1.36. The summed E-state index contributed by atoms with van der Waals surface area (Å²) in [5.74, 6) is 1.11. The highest BCUT2D eigenvalue weighted by Gasteiger charge is 2.31. The molecule has 3 aromatic rings. The summed E-state index contributed by atoms with van der Waals surface area (Å²) in [6, 6.07) is 19.4. The van der Waals surface area contributed by atoms with Gasteiger partial charge in [-0.05, 0) is 48.5 Å². The second-order valence-electron chi connectivity index (χ2n) is 7.27. The number of para-hydroxylation sites is 1. The molecule has 1 aliphatic rings. The van der Waals surface area contributed by atoms with E-state index in [0.29, 0.717) is 12.3 Å². The molecule has 30 heavy (non-hydrogen) atoms. The number of hydrogen-bond acceptors (Lipinski definition) is 4. The normalized spacial score (nSPS) is 15.6. The summed E-state index contributed by atoms with van der Waals surface area (Å²) in [4.78, 5) is 15.8. The van der Waals surface area contributed by atoms with Gasteiger partial charge in [0.25, 0.3) is 0 Å². The van der Waals surface area contributed by atoms with Crippen molar-refractivity contribution >= 4 is 11.8 Å². The average Bonchev–Trinajstić information content (AvgIpc) is 3.30. The molecular weight excluding hydrogens is 385 g/mol. The van der Waals surface area contributed by atoms with Crippen LogP contribution >= 0.6 is 0 Å². The average molecular weight is 410 g/mol. The Morgan fingerprint density at radius 2 is 1.80 bits per heavy atom. The molecule has 1 aliphatic heterocycles. The summed E-state index contributed by atoms with van der Waals surface area (Å²) in [7, 11) is 0. The highest BCUT2D eigenvalue weighted by atomic mass is 19.1. The van der Waals surface area contributed by atoms with Crippen molar-refractivity contribution in [2.45, 2.75) is 6.04 Å². The topological polar surface area (TPSA) is 59.2 Å². The number of quaternary nitrogens is 1. The maximum Gasteiger partial charge on any atom is 0.412 e. The molecule has 7 heteroatoms. The van der Waals surface area contributed by atoms with Crippen LogP contribution in [-0.4, -0.2) is 38.8 Å². The summed E-state index contributed by atoms with van der Waals surface area (Å²) in [5, 5.41) is 2.87. The second kappa shape index (κ2) is 9.45. The Kier molecular flexibility index (Phi) is 6.29. The fourth-order valence-corrected chi connectivity index (χ4v) is 3.81. The van der Waals surface area contributed by atoms with Crippen molar-refractivity contribution < 1.29 is 23.2 Å². The first-order chi connectivity index (χ1) is 14.7. The van der Waals surface area contributed by atoms with Crippen molar-refractivity contribution in [1.29, 1.82) is 0 Å². The highest BCUT2D eigenvalue weighted by molar-refractivity contribution is 5.70. The van der Waals surface area contributed by atoms with Gasteiger partial charge in [-0.3, -0.25) is 0 Å². The van der Waals surface area contributed by atoms with Crippen LogP contribution in [0.1, 0.15) is 11.8 Å². The number of furan rings is 1. The number of anilines is 1. The van der Waals surface area contributed by atoms with E-state index >= 15 is 0 Å². The minimum absolute atomic E-state index is 0.0151. The second-order valence-corrected chi connectivity index (χ2v) is 7.27. The number of benzene rings is 2. The number of nitrogens with one attached hydrogen (secondary N) is 2. The van der Waals surface area contributed by atoms with E-state index in [0.717, 1.165) is 37.6 Å². The molecule has 1 atom stereocenters. The first kappa shape index (κ1) is 20.0. The summed E-state index contributed by atoms with van der Waals surface area (Å²) in [6.45, 7) is 3.83. The number of halogens is 1. The molecule has 0 aliphatic carbocycles. The predicted molar refractivity (Wildman–Crippen MR) is 111 cm³/mol. The summed E-state index contributed by atoms with van der Waals surface area (Å²) < 4.78 is 24.2. The van der Waals surface area contributed by atoms with Crippen molar-refractivity contribution in [2.24, 2.45) is 0 Å². The van der Waals surface area contributed by atoms with Crippen molar-refractivity contribution in [2.75, 3.05) is 37.6 Å². The van der Waals surface area contributed by atoms with Crippen molar-refractivity contribution in [3.05, 3.63) is 84.6 Å². The van der Waals surface area contributed by atoms with Crippen LogP contribution in [0.5, 0.6) is 5.75 Å². The van der Waals surface area contributed by atoms with Gasteiger partial charge >= 0.3 is 6.09 Å². The minimum Gasteiger partial charge on any atom is -0.463 e. The van der Waals surface area contributed by atoms with Crippen molar-refractivity contribution in [3.8, 4) is 5.75 Å². The third-order valence-corrected chi connectivity index (χ3v) is 5.38. The molecule has 6 nitrogen and oxygen atoms in total. The maximum absolute atomic E-state index is 13.2. The van der Waals surface area contributed by atoms with E-state index in [-0.39, 0.29) is 11.9 Å². The van der Waals surface area contributed by atoms with Gasteiger partial charge < -0.3 is 24.3 Å². The Bertz CT molecular complexity index is 924. The molecule has 1 fully saturated rings. The number of carbonyl (C=O) groups excluding carboxylic acids is 1. The van der Waals surface area contributed by atoms with Crippen molar-refractivity contribution in [1.82, 2.24) is 5.32 Å². The van der Waals surface area contributed by atoms with Gasteiger partial charge in [0.2, 0.25) is 0 Å². The van der Waals surface area contributed by atoms with Crippen molar-refractivity contribution in [3.63, 3.8) is 0 Å². The standard InChI is InChI=1S/C23H24FN3O3/c24-18-8-10-19(11-9-18)26-12-14-27(15-13-26)21(22-7-4-16-29-22)17-25-23(28)30-20-5-2-1-3-6-20/h1-11,16,21H,12-15,17H2,(H,25,28)/p+1/t21-/m1/s1. The largest absolute Gasteiger partial charge is 0.463 e. The fraction of sp³-hybridized carbons (Fsp3) is 0.261. The zero-order valence-corrected chi connectivity index (χ0v) is 16.6. The molecule has 4 rings (SSSR count). The molecule has 2 heterocycles. The van der Waals surface area contributed by atoms with E-state index in [1.807, 2.05) is 42.5 Å². The first-order valence-electron chi connectivity index (χ1n) is 10.1. The summed E-state index contributed by atoms with van der Waals surface area (Å²) >= 11 is 0. The molecule has 0 radical (unpaired) electrons. The lowest BCUT2D eigenvalue weighted by atomic mass is 10.1. The van der Waals surface area contributed by atoms with Crippen LogP contribution in [0, 0.1) is 5.82 Å². The van der Waals surface area contributed by atoms with Gasteiger partial charge in [-0.2, -0.15) is 0 Å². The van der Waals surface area contributed by atoms with Crippen LogP contribution in [0.25, 0.3) is 0 Å². The molecule has 0 saturated carbocycles. The van der Waals surface area contributed by atoms with Crippen LogP contribution in [-0.2, 0) is 0 Å². The monoisotopic (exact) mass is 410 g/mol. The van der Waals surface area contributed by atoms with Gasteiger partial charge in [0.15, 0.2) is 11.8 Å². The van der Waals surface area contributed by atoms with Gasteiger partial charge in [-0.15, -0.1) is 0 Å². The van der Waals surface area contributed by atoms with Gasteiger partial charge in [-0.25, -0.2) is 9.18 Å². The number of ether oxygens (including phenoxy) is 1. The molecule has 1 aromatic heterocycles. The van der Waals surface area contributed by atoms with Gasteiger partial charge in [0, 0.05) is 5.69 Å². The van der Waals surface area contributed by atoms with Gasteiger partial charge in [0.1, 0.15) is 11.6 Å². The number of amides is 1. The smallest absolute Gasteiger partial charge is 0.412 e. The highest BCUT2D eigenvalue weighted by Crippen LogP contribution is 2.16. The first-order valence-corrected chi connectivity index (χ1v) is 10.1. The van der Waals surface area contributed by atoms with Crippen LogP contribution in [0.3, 0.4) is 0 Å². The van der Waals surface area contributed by atoms with Crippen LogP contribution < -0.4 is 19.9 Å². The van der Waals surface area contributed by atoms with E-state index in [4.69, 9.17) is 9.15 Å². The number of rotatable bonds is 6. The zero-order chi connectivity index (χ0) is 20.8. The minimum atomic E-state index is -0.484. The third-order valence-electron chi connectivity index (χ3n) is 5.38. The van der Waals surface area contributed by atoms with Crippen LogP contribution in [0.4, 0.5) is 14.9 Å². The molecular formula is C23H25FN3O3+. The lowest BCUT2D eigenvalue weighted by Crippen LogP contribution is -3.15. The molecule has 1 amide bonds. The molecule has 2 aromatic carbocycles. The Morgan fingerprint density at radius 3 is 2.47 bits per heavy atom. The maximum atomic E-state index is 13.2. The number of carbonyl (C=O) groups is 1. The van der Waals surface area contributed by atoms with E-state index in [2.05, 4.69) is 10.2 Å². The lowest BCUT2D eigenvalue weighted by Gasteiger charge is -2.37. The van der Waals surface area contributed by atoms with E-state index in [1.165, 1.54) is 17.0 Å². The Hall–Kier alpha value is -3.32. The predicted octanol–water partition coefficient (Wildman–Crippen LogP) is 2.65. The lowest BCUT2D eigenvalue weighted by molar-refractivity contribution is -0.932. The summed E-state index contributed by atoms with van der Waals surface area (Å²) in [5.41, 5.74) is 1.02. The Morgan fingerprint density at radius 1 is 1.07 bits per heavy atom. The molecule has 0 spiro atoms. The van der Waals surface area contributed by atoms with Crippen LogP contribution in [0.15, 0.2) is 77.4 Å². The SMILES string of the molecule is O=C(NC[C@H](c1ccco1)[NH+]1CCN(c2ccc(F)cc2)CC1)Oc1ccccc1. The third kappa shape index (κ3) is 4.99. The van der Waals surface area contributed by atoms with E-state index in [9.17, 15) is 9.18 Å². The molecule has 0 unspecified atom stereocenters. The van der Waals surface area contributed by atoms with Gasteiger partial charge in [0.05, 0.1) is 39.0 Å². The van der Waals surface area contributed by atoms with E-state index in [1.54, 1.807) is 18.4 Å². The Labute approximate surface area is 174 Å².